The number of hydrogen-bond acceptors (Lipinski definition) is 2. The molecule has 0 radical (unpaired) electrons. The summed E-state index contributed by atoms with van der Waals surface area (Å²) in [6, 6.07) is 8.37. The van der Waals surface area contributed by atoms with E-state index in [4.69, 9.17) is 0 Å². The third-order valence-electron chi connectivity index (χ3n) is 5.41. The normalized spacial score (nSPS) is 17.1. The number of aromatic nitrogens is 1. The van der Waals surface area contributed by atoms with E-state index < -0.39 is 5.60 Å². The molecule has 142 valence electrons. The summed E-state index contributed by atoms with van der Waals surface area (Å²) in [6.45, 7) is 11.9. The topological polar surface area (TPSA) is 56.3 Å². The summed E-state index contributed by atoms with van der Waals surface area (Å²) in [5.41, 5.74) is 2.43. The molecule has 2 N–H and O–H groups in total. The number of piperidine rings is 1. The number of aliphatic hydroxyl groups is 1. The SMILES string of the molecule is CC(C)(O)CC1CCN(C(=O)c2cc3cc(C(C)(C)C)ccc3[nH]2)CC1. The van der Waals surface area contributed by atoms with Gasteiger partial charge in [-0.3, -0.25) is 4.79 Å². The van der Waals surface area contributed by atoms with Crippen molar-refractivity contribution in [2.75, 3.05) is 13.1 Å². The van der Waals surface area contributed by atoms with E-state index in [0.29, 0.717) is 11.6 Å². The Balaban J connectivity index is 1.71. The van der Waals surface area contributed by atoms with Gasteiger partial charge < -0.3 is 15.0 Å². The fourth-order valence-electron chi connectivity index (χ4n) is 3.93. The Labute approximate surface area is 156 Å². The number of rotatable bonds is 3. The molecule has 1 aliphatic heterocycles. The number of nitrogens with zero attached hydrogens (tertiary/aromatic N) is 1. The van der Waals surface area contributed by atoms with Gasteiger partial charge >= 0.3 is 0 Å². The third kappa shape index (κ3) is 4.29. The summed E-state index contributed by atoms with van der Waals surface area (Å²) in [7, 11) is 0. The van der Waals surface area contributed by atoms with Crippen molar-refractivity contribution in [3.8, 4) is 0 Å². The summed E-state index contributed by atoms with van der Waals surface area (Å²) in [4.78, 5) is 18.1. The Morgan fingerprint density at radius 3 is 2.38 bits per heavy atom. The van der Waals surface area contributed by atoms with Crippen LogP contribution in [0.3, 0.4) is 0 Å². The van der Waals surface area contributed by atoms with Crippen LogP contribution in [-0.2, 0) is 5.41 Å². The van der Waals surface area contributed by atoms with Gasteiger partial charge in [0, 0.05) is 24.0 Å². The molecule has 1 saturated heterocycles. The predicted molar refractivity (Wildman–Crippen MR) is 107 cm³/mol. The maximum atomic E-state index is 12.9. The molecule has 0 bridgehead atoms. The molecule has 1 fully saturated rings. The number of nitrogens with one attached hydrogen (secondary N) is 1. The largest absolute Gasteiger partial charge is 0.390 e. The average molecular weight is 357 g/mol. The number of hydrogen-bond donors (Lipinski definition) is 2. The molecule has 1 aromatic carbocycles. The van der Waals surface area contributed by atoms with E-state index in [-0.39, 0.29) is 11.3 Å². The zero-order valence-electron chi connectivity index (χ0n) is 16.7. The van der Waals surface area contributed by atoms with Crippen LogP contribution in [0.1, 0.15) is 69.9 Å². The second-order valence-electron chi connectivity index (χ2n) is 9.49. The van der Waals surface area contributed by atoms with Gasteiger partial charge in [-0.15, -0.1) is 0 Å². The quantitative estimate of drug-likeness (QED) is 0.852. The number of likely N-dealkylation sites (tertiary alicyclic amines) is 1. The molecule has 0 atom stereocenters. The number of amides is 1. The third-order valence-corrected chi connectivity index (χ3v) is 5.41. The molecule has 1 amide bonds. The fourth-order valence-corrected chi connectivity index (χ4v) is 3.93. The highest BCUT2D eigenvalue weighted by Gasteiger charge is 2.28. The highest BCUT2D eigenvalue weighted by Crippen LogP contribution is 2.29. The van der Waals surface area contributed by atoms with Crippen molar-refractivity contribution >= 4 is 16.8 Å². The molecule has 1 aromatic heterocycles. The second-order valence-corrected chi connectivity index (χ2v) is 9.49. The summed E-state index contributed by atoms with van der Waals surface area (Å²) in [6.07, 6.45) is 2.73. The van der Waals surface area contributed by atoms with E-state index >= 15 is 0 Å². The van der Waals surface area contributed by atoms with Gasteiger partial charge in [0.05, 0.1) is 5.60 Å². The Morgan fingerprint density at radius 1 is 1.15 bits per heavy atom. The lowest BCUT2D eigenvalue weighted by Gasteiger charge is -2.34. The van der Waals surface area contributed by atoms with Crippen molar-refractivity contribution < 1.29 is 9.90 Å². The lowest BCUT2D eigenvalue weighted by molar-refractivity contribution is 0.0357. The van der Waals surface area contributed by atoms with Gasteiger partial charge in [-0.25, -0.2) is 0 Å². The van der Waals surface area contributed by atoms with Gasteiger partial charge in [0.1, 0.15) is 5.69 Å². The lowest BCUT2D eigenvalue weighted by Crippen LogP contribution is -2.40. The Kier molecular flexibility index (Phi) is 4.91. The first-order valence-electron chi connectivity index (χ1n) is 9.68. The predicted octanol–water partition coefficient (Wildman–Crippen LogP) is 4.48. The van der Waals surface area contributed by atoms with Gasteiger partial charge in [-0.2, -0.15) is 0 Å². The maximum absolute atomic E-state index is 12.9. The molecule has 1 aliphatic rings. The van der Waals surface area contributed by atoms with Gasteiger partial charge in [0.15, 0.2) is 0 Å². The minimum Gasteiger partial charge on any atom is -0.390 e. The van der Waals surface area contributed by atoms with Crippen molar-refractivity contribution in [3.05, 3.63) is 35.5 Å². The molecule has 2 heterocycles. The number of benzene rings is 1. The number of fused-ring (bicyclic) bond motifs is 1. The molecule has 26 heavy (non-hydrogen) atoms. The molecular weight excluding hydrogens is 324 g/mol. The number of carbonyl (C=O) groups excluding carboxylic acids is 1. The van der Waals surface area contributed by atoms with Crippen molar-refractivity contribution in [2.45, 2.75) is 64.9 Å². The van der Waals surface area contributed by atoms with Gasteiger partial charge in [0.2, 0.25) is 0 Å². The number of H-pyrrole nitrogens is 1. The van der Waals surface area contributed by atoms with Crippen LogP contribution in [0.25, 0.3) is 10.9 Å². The fraction of sp³-hybridized carbons (Fsp3) is 0.591. The van der Waals surface area contributed by atoms with E-state index in [1.807, 2.05) is 24.8 Å². The van der Waals surface area contributed by atoms with Crippen LogP contribution in [0, 0.1) is 5.92 Å². The van der Waals surface area contributed by atoms with E-state index in [2.05, 4.69) is 44.0 Å². The molecule has 2 aromatic rings. The summed E-state index contributed by atoms with van der Waals surface area (Å²) in [5.74, 6) is 0.580. The Bertz CT molecular complexity index is 785. The monoisotopic (exact) mass is 356 g/mol. The van der Waals surface area contributed by atoms with Gasteiger partial charge in [-0.05, 0) is 68.2 Å². The standard InChI is InChI=1S/C22H32N2O2/c1-21(2,3)17-6-7-18-16(12-17)13-19(23-18)20(25)24-10-8-15(9-11-24)14-22(4,5)26/h6-7,12-13,15,23,26H,8-11,14H2,1-5H3. The highest BCUT2D eigenvalue weighted by molar-refractivity contribution is 5.98. The summed E-state index contributed by atoms with van der Waals surface area (Å²) in [5, 5.41) is 11.1. The zero-order chi connectivity index (χ0) is 19.1. The molecule has 0 spiro atoms. The second kappa shape index (κ2) is 6.73. The zero-order valence-corrected chi connectivity index (χ0v) is 16.7. The molecule has 0 unspecified atom stereocenters. The first kappa shape index (κ1) is 19.0. The summed E-state index contributed by atoms with van der Waals surface area (Å²) < 4.78 is 0. The van der Waals surface area contributed by atoms with Crippen LogP contribution in [0.2, 0.25) is 0 Å². The molecule has 4 nitrogen and oxygen atoms in total. The van der Waals surface area contributed by atoms with Crippen molar-refractivity contribution in [1.29, 1.82) is 0 Å². The minimum atomic E-state index is -0.626. The van der Waals surface area contributed by atoms with Crippen molar-refractivity contribution in [1.82, 2.24) is 9.88 Å². The van der Waals surface area contributed by atoms with Gasteiger partial charge in [-0.1, -0.05) is 26.8 Å². The smallest absolute Gasteiger partial charge is 0.270 e. The molecule has 0 saturated carbocycles. The van der Waals surface area contributed by atoms with Crippen LogP contribution in [-0.4, -0.2) is 39.6 Å². The van der Waals surface area contributed by atoms with E-state index in [0.717, 1.165) is 43.3 Å². The average Bonchev–Trinajstić information content (AvgIpc) is 2.95. The van der Waals surface area contributed by atoms with E-state index in [1.165, 1.54) is 5.56 Å². The Morgan fingerprint density at radius 2 is 1.81 bits per heavy atom. The first-order valence-corrected chi connectivity index (χ1v) is 9.68. The van der Waals surface area contributed by atoms with E-state index in [9.17, 15) is 9.90 Å². The van der Waals surface area contributed by atoms with Crippen LogP contribution >= 0.6 is 0 Å². The maximum Gasteiger partial charge on any atom is 0.270 e. The van der Waals surface area contributed by atoms with Crippen LogP contribution in [0.4, 0.5) is 0 Å². The Hall–Kier alpha value is -1.81. The van der Waals surface area contributed by atoms with E-state index in [1.54, 1.807) is 0 Å². The van der Waals surface area contributed by atoms with Crippen LogP contribution in [0.5, 0.6) is 0 Å². The van der Waals surface area contributed by atoms with Crippen LogP contribution in [0.15, 0.2) is 24.3 Å². The molecule has 3 rings (SSSR count). The molecule has 0 aliphatic carbocycles. The number of carbonyl (C=O) groups is 1. The van der Waals surface area contributed by atoms with Gasteiger partial charge in [0.25, 0.3) is 5.91 Å². The number of aromatic amines is 1. The van der Waals surface area contributed by atoms with Crippen molar-refractivity contribution in [2.24, 2.45) is 5.92 Å². The van der Waals surface area contributed by atoms with Crippen LogP contribution < -0.4 is 0 Å². The molecule has 4 heteroatoms. The van der Waals surface area contributed by atoms with Crippen molar-refractivity contribution in [3.63, 3.8) is 0 Å². The minimum absolute atomic E-state index is 0.0835. The first-order chi connectivity index (χ1) is 12.0. The highest BCUT2D eigenvalue weighted by atomic mass is 16.3. The lowest BCUT2D eigenvalue weighted by atomic mass is 9.86. The summed E-state index contributed by atoms with van der Waals surface area (Å²) >= 11 is 0. The molecular formula is C22H32N2O2.